The standard InChI is InChI=1S/C8H8F3NO3/c1-4-7(15-8(9,10)11)5(14-2)3-6(13)12-4/h3H,1-2H3,(H,12,13). The minimum Gasteiger partial charge on any atom is -0.493 e. The first kappa shape index (κ1) is 11.4. The van der Waals surface area contributed by atoms with E-state index in [0.717, 1.165) is 13.2 Å². The molecule has 1 rings (SSSR count). The van der Waals surface area contributed by atoms with Gasteiger partial charge in [0.1, 0.15) is 0 Å². The molecule has 0 aromatic carbocycles. The van der Waals surface area contributed by atoms with Gasteiger partial charge in [-0.25, -0.2) is 0 Å². The summed E-state index contributed by atoms with van der Waals surface area (Å²) < 4.78 is 44.2. The highest BCUT2D eigenvalue weighted by Gasteiger charge is 2.33. The van der Waals surface area contributed by atoms with Crippen LogP contribution in [0.1, 0.15) is 5.69 Å². The fraction of sp³-hybridized carbons (Fsp3) is 0.375. The number of aromatic nitrogens is 1. The molecule has 0 fully saturated rings. The highest BCUT2D eigenvalue weighted by molar-refractivity contribution is 5.42. The molecule has 1 N–H and O–H groups in total. The van der Waals surface area contributed by atoms with Crippen molar-refractivity contribution in [3.05, 3.63) is 22.1 Å². The summed E-state index contributed by atoms with van der Waals surface area (Å²) in [5.41, 5.74) is -0.601. The smallest absolute Gasteiger partial charge is 0.493 e. The topological polar surface area (TPSA) is 51.3 Å². The van der Waals surface area contributed by atoms with E-state index in [4.69, 9.17) is 0 Å². The number of halogens is 3. The van der Waals surface area contributed by atoms with Gasteiger partial charge in [0.15, 0.2) is 11.5 Å². The Bertz CT molecular complexity index is 411. The number of aromatic amines is 1. The predicted molar refractivity (Wildman–Crippen MR) is 45.0 cm³/mol. The maximum absolute atomic E-state index is 12.0. The van der Waals surface area contributed by atoms with Crippen molar-refractivity contribution in [2.75, 3.05) is 7.11 Å². The van der Waals surface area contributed by atoms with Crippen LogP contribution in [0.15, 0.2) is 10.9 Å². The van der Waals surface area contributed by atoms with E-state index in [1.807, 2.05) is 0 Å². The van der Waals surface area contributed by atoms with Gasteiger partial charge in [-0.1, -0.05) is 0 Å². The number of nitrogens with one attached hydrogen (secondary N) is 1. The van der Waals surface area contributed by atoms with E-state index in [1.165, 1.54) is 6.92 Å². The summed E-state index contributed by atoms with van der Waals surface area (Å²) in [6.07, 6.45) is -4.82. The second-order valence-corrected chi connectivity index (χ2v) is 2.70. The molecule has 1 aromatic rings. The number of alkyl halides is 3. The van der Waals surface area contributed by atoms with Crippen LogP contribution in [0.25, 0.3) is 0 Å². The zero-order chi connectivity index (χ0) is 11.6. The molecule has 15 heavy (non-hydrogen) atoms. The van der Waals surface area contributed by atoms with Crippen LogP contribution < -0.4 is 15.0 Å². The van der Waals surface area contributed by atoms with Gasteiger partial charge in [0.2, 0.25) is 0 Å². The lowest BCUT2D eigenvalue weighted by molar-refractivity contribution is -0.275. The molecule has 4 nitrogen and oxygen atoms in total. The van der Waals surface area contributed by atoms with Crippen molar-refractivity contribution in [2.24, 2.45) is 0 Å². The number of hydrogen-bond donors (Lipinski definition) is 1. The average molecular weight is 223 g/mol. The lowest BCUT2D eigenvalue weighted by Crippen LogP contribution is -2.20. The Labute approximate surface area is 82.6 Å². The maximum atomic E-state index is 12.0. The molecule has 7 heteroatoms. The van der Waals surface area contributed by atoms with Crippen molar-refractivity contribution < 1.29 is 22.6 Å². The van der Waals surface area contributed by atoms with Crippen molar-refractivity contribution in [1.29, 1.82) is 0 Å². The predicted octanol–water partition coefficient (Wildman–Crippen LogP) is 1.59. The molecule has 0 aliphatic carbocycles. The molecule has 0 radical (unpaired) electrons. The maximum Gasteiger partial charge on any atom is 0.573 e. The van der Waals surface area contributed by atoms with Crippen LogP contribution in [0.2, 0.25) is 0 Å². The molecule has 0 unspecified atom stereocenters. The van der Waals surface area contributed by atoms with E-state index >= 15 is 0 Å². The number of methoxy groups -OCH3 is 1. The number of pyridine rings is 1. The summed E-state index contributed by atoms with van der Waals surface area (Å²) in [6.45, 7) is 1.28. The van der Waals surface area contributed by atoms with E-state index < -0.39 is 17.7 Å². The largest absolute Gasteiger partial charge is 0.573 e. The Hall–Kier alpha value is -1.66. The molecule has 0 atom stereocenters. The molecule has 0 aliphatic heterocycles. The zero-order valence-corrected chi connectivity index (χ0v) is 7.94. The Morgan fingerprint density at radius 3 is 2.47 bits per heavy atom. The number of H-pyrrole nitrogens is 1. The van der Waals surface area contributed by atoms with E-state index in [2.05, 4.69) is 14.5 Å². The first-order valence-electron chi connectivity index (χ1n) is 3.87. The van der Waals surface area contributed by atoms with Crippen LogP contribution in [-0.4, -0.2) is 18.5 Å². The van der Waals surface area contributed by atoms with Crippen molar-refractivity contribution in [1.82, 2.24) is 4.98 Å². The second-order valence-electron chi connectivity index (χ2n) is 2.70. The van der Waals surface area contributed by atoms with Gasteiger partial charge in [0.25, 0.3) is 5.56 Å². The highest BCUT2D eigenvalue weighted by Crippen LogP contribution is 2.32. The summed E-state index contributed by atoms with van der Waals surface area (Å²) in [7, 11) is 1.15. The Kier molecular flexibility index (Phi) is 2.92. The molecule has 0 amide bonds. The third kappa shape index (κ3) is 2.90. The lowest BCUT2D eigenvalue weighted by atomic mass is 10.3. The monoisotopic (exact) mass is 223 g/mol. The van der Waals surface area contributed by atoms with Gasteiger partial charge < -0.3 is 14.5 Å². The van der Waals surface area contributed by atoms with Crippen molar-refractivity contribution in [3.63, 3.8) is 0 Å². The Morgan fingerprint density at radius 1 is 1.40 bits per heavy atom. The summed E-state index contributed by atoms with van der Waals surface area (Å²) >= 11 is 0. The fourth-order valence-corrected chi connectivity index (χ4v) is 1.04. The van der Waals surface area contributed by atoms with Gasteiger partial charge in [-0.3, -0.25) is 4.79 Å². The number of aryl methyl sites for hydroxylation is 1. The van der Waals surface area contributed by atoms with E-state index in [9.17, 15) is 18.0 Å². The van der Waals surface area contributed by atoms with Gasteiger partial charge >= 0.3 is 6.36 Å². The average Bonchev–Trinajstić information content (AvgIpc) is 2.07. The van der Waals surface area contributed by atoms with Crippen LogP contribution in [0.5, 0.6) is 11.5 Å². The van der Waals surface area contributed by atoms with Gasteiger partial charge in [0.05, 0.1) is 12.8 Å². The Balaban J connectivity index is 3.21. The van der Waals surface area contributed by atoms with Crippen LogP contribution in [0, 0.1) is 6.92 Å². The van der Waals surface area contributed by atoms with Gasteiger partial charge in [0, 0.05) is 6.07 Å². The van der Waals surface area contributed by atoms with Crippen LogP contribution in [0.3, 0.4) is 0 Å². The molecular formula is C8H8F3NO3. The number of ether oxygens (including phenoxy) is 2. The molecule has 1 heterocycles. The molecular weight excluding hydrogens is 215 g/mol. The van der Waals surface area contributed by atoms with E-state index in [0.29, 0.717) is 0 Å². The SMILES string of the molecule is COc1cc(=O)[nH]c(C)c1OC(F)(F)F. The van der Waals surface area contributed by atoms with Gasteiger partial charge in [-0.2, -0.15) is 0 Å². The number of rotatable bonds is 2. The summed E-state index contributed by atoms with van der Waals surface area (Å²) in [5.74, 6) is -0.793. The molecule has 84 valence electrons. The molecule has 0 aliphatic rings. The molecule has 1 aromatic heterocycles. The zero-order valence-electron chi connectivity index (χ0n) is 7.94. The first-order valence-corrected chi connectivity index (χ1v) is 3.87. The quantitative estimate of drug-likeness (QED) is 0.828. The number of hydrogen-bond acceptors (Lipinski definition) is 3. The molecule has 0 spiro atoms. The second kappa shape index (κ2) is 3.84. The highest BCUT2D eigenvalue weighted by atomic mass is 19.4. The molecule has 0 saturated carbocycles. The minimum absolute atomic E-state index is 0.0447. The Morgan fingerprint density at radius 2 is 2.00 bits per heavy atom. The van der Waals surface area contributed by atoms with E-state index in [1.54, 1.807) is 0 Å². The van der Waals surface area contributed by atoms with Crippen molar-refractivity contribution in [2.45, 2.75) is 13.3 Å². The summed E-state index contributed by atoms with van der Waals surface area (Å²) in [6, 6.07) is 0.883. The minimum atomic E-state index is -4.82. The molecule has 0 bridgehead atoms. The summed E-state index contributed by atoms with van der Waals surface area (Å²) in [5, 5.41) is 0. The first-order chi connectivity index (χ1) is 6.83. The van der Waals surface area contributed by atoms with Crippen molar-refractivity contribution >= 4 is 0 Å². The third-order valence-electron chi connectivity index (χ3n) is 1.57. The van der Waals surface area contributed by atoms with Gasteiger partial charge in [-0.05, 0) is 6.92 Å². The normalized spacial score (nSPS) is 11.3. The third-order valence-corrected chi connectivity index (χ3v) is 1.57. The fourth-order valence-electron chi connectivity index (χ4n) is 1.04. The van der Waals surface area contributed by atoms with Crippen molar-refractivity contribution in [3.8, 4) is 11.5 Å². The molecule has 0 saturated heterocycles. The van der Waals surface area contributed by atoms with Crippen LogP contribution >= 0.6 is 0 Å². The van der Waals surface area contributed by atoms with Crippen LogP contribution in [0.4, 0.5) is 13.2 Å². The van der Waals surface area contributed by atoms with Crippen LogP contribution in [-0.2, 0) is 0 Å². The summed E-state index contributed by atoms with van der Waals surface area (Å²) in [4.78, 5) is 13.1. The van der Waals surface area contributed by atoms with Gasteiger partial charge in [-0.15, -0.1) is 13.2 Å². The van der Waals surface area contributed by atoms with E-state index in [-0.39, 0.29) is 11.4 Å². The lowest BCUT2D eigenvalue weighted by Gasteiger charge is -2.13.